The molecule has 8 nitrogen and oxygen atoms in total. The molecule has 1 aromatic heterocycles. The summed E-state index contributed by atoms with van der Waals surface area (Å²) in [5.41, 5.74) is 1.16. The van der Waals surface area contributed by atoms with Gasteiger partial charge in [-0.15, -0.1) is 0 Å². The molecule has 1 aromatic carbocycles. The number of ether oxygens (including phenoxy) is 1. The molecule has 1 aliphatic rings. The van der Waals surface area contributed by atoms with Crippen molar-refractivity contribution in [2.45, 2.75) is 25.2 Å². The van der Waals surface area contributed by atoms with E-state index in [1.54, 1.807) is 25.9 Å². The van der Waals surface area contributed by atoms with E-state index >= 15 is 0 Å². The zero-order valence-electron chi connectivity index (χ0n) is 15.6. The van der Waals surface area contributed by atoms with Crippen LogP contribution in [0.2, 0.25) is 0 Å². The van der Waals surface area contributed by atoms with Crippen molar-refractivity contribution in [3.63, 3.8) is 0 Å². The van der Waals surface area contributed by atoms with Gasteiger partial charge in [0.05, 0.1) is 13.5 Å². The van der Waals surface area contributed by atoms with Crippen LogP contribution in [0.25, 0.3) is 0 Å². The van der Waals surface area contributed by atoms with Crippen molar-refractivity contribution in [2.24, 2.45) is 0 Å². The lowest BCUT2D eigenvalue weighted by Crippen LogP contribution is -2.51. The first-order valence-corrected chi connectivity index (χ1v) is 10.1. The minimum absolute atomic E-state index is 0.0473. The van der Waals surface area contributed by atoms with Crippen LogP contribution >= 0.6 is 0 Å². The monoisotopic (exact) mass is 393 g/mol. The fourth-order valence-electron chi connectivity index (χ4n) is 3.27. The minimum atomic E-state index is -3.68. The number of benzene rings is 1. The second kappa shape index (κ2) is 7.69. The molecule has 0 aliphatic carbocycles. The van der Waals surface area contributed by atoms with Gasteiger partial charge < -0.3 is 14.2 Å². The summed E-state index contributed by atoms with van der Waals surface area (Å²) in [6.45, 7) is 4.36. The lowest BCUT2D eigenvalue weighted by atomic mass is 10.1. The predicted octanol–water partition coefficient (Wildman–Crippen LogP) is 1.38. The number of nitrogens with zero attached hydrogens (tertiary/aromatic N) is 3. The van der Waals surface area contributed by atoms with E-state index in [9.17, 15) is 13.2 Å². The van der Waals surface area contributed by atoms with Gasteiger partial charge in [0.1, 0.15) is 16.3 Å². The Bertz CT molecular complexity index is 911. The number of carbonyl (C=O) groups excluding carboxylic acids is 1. The highest BCUT2D eigenvalue weighted by molar-refractivity contribution is 7.89. The maximum absolute atomic E-state index is 12.8. The molecular formula is C18H23N3O5S. The molecule has 2 heterocycles. The molecule has 146 valence electrons. The Morgan fingerprint density at radius 3 is 2.44 bits per heavy atom. The van der Waals surface area contributed by atoms with Crippen LogP contribution in [-0.4, -0.2) is 62.0 Å². The SMILES string of the molecule is COc1ccccc1CC(=O)N1CCN(S(=O)(=O)c2c(C)noc2C)CC1. The Kier molecular flexibility index (Phi) is 5.52. The van der Waals surface area contributed by atoms with Crippen LogP contribution in [0, 0.1) is 13.8 Å². The van der Waals surface area contributed by atoms with Crippen LogP contribution in [0.15, 0.2) is 33.7 Å². The van der Waals surface area contributed by atoms with Crippen molar-refractivity contribution in [3.05, 3.63) is 41.3 Å². The van der Waals surface area contributed by atoms with Gasteiger partial charge in [0.15, 0.2) is 5.76 Å². The maximum Gasteiger partial charge on any atom is 0.248 e. The van der Waals surface area contributed by atoms with Gasteiger partial charge >= 0.3 is 0 Å². The number of para-hydroxylation sites is 1. The Morgan fingerprint density at radius 1 is 1.19 bits per heavy atom. The summed E-state index contributed by atoms with van der Waals surface area (Å²) >= 11 is 0. The van der Waals surface area contributed by atoms with Crippen molar-refractivity contribution in [1.82, 2.24) is 14.4 Å². The van der Waals surface area contributed by atoms with Gasteiger partial charge in [-0.1, -0.05) is 23.4 Å². The van der Waals surface area contributed by atoms with Gasteiger partial charge in [-0.2, -0.15) is 4.31 Å². The van der Waals surface area contributed by atoms with Crippen LogP contribution in [0.4, 0.5) is 0 Å². The standard InChI is InChI=1S/C18H23N3O5S/c1-13-18(14(2)26-19-13)27(23,24)21-10-8-20(9-11-21)17(22)12-15-6-4-5-7-16(15)25-3/h4-7H,8-12H2,1-3H3. The number of methoxy groups -OCH3 is 1. The molecule has 27 heavy (non-hydrogen) atoms. The smallest absolute Gasteiger partial charge is 0.248 e. The molecule has 1 amide bonds. The van der Waals surface area contributed by atoms with Crippen molar-refractivity contribution >= 4 is 15.9 Å². The van der Waals surface area contributed by atoms with Crippen molar-refractivity contribution < 1.29 is 22.5 Å². The third-order valence-corrected chi connectivity index (χ3v) is 6.84. The van der Waals surface area contributed by atoms with Crippen LogP contribution in [-0.2, 0) is 21.2 Å². The number of amides is 1. The number of hydrogen-bond donors (Lipinski definition) is 0. The van der Waals surface area contributed by atoms with E-state index in [-0.39, 0.29) is 36.1 Å². The molecule has 3 rings (SSSR count). The number of aryl methyl sites for hydroxylation is 2. The van der Waals surface area contributed by atoms with Gasteiger partial charge in [-0.05, 0) is 19.9 Å². The molecule has 0 spiro atoms. The van der Waals surface area contributed by atoms with Gasteiger partial charge in [-0.25, -0.2) is 8.42 Å². The largest absolute Gasteiger partial charge is 0.496 e. The summed E-state index contributed by atoms with van der Waals surface area (Å²) in [6.07, 6.45) is 0.223. The topological polar surface area (TPSA) is 93.0 Å². The Hall–Kier alpha value is -2.39. The van der Waals surface area contributed by atoms with E-state index in [0.717, 1.165) is 5.56 Å². The normalized spacial score (nSPS) is 15.7. The van der Waals surface area contributed by atoms with Crippen LogP contribution in [0.1, 0.15) is 17.0 Å². The van der Waals surface area contributed by atoms with E-state index in [2.05, 4.69) is 5.16 Å². The van der Waals surface area contributed by atoms with Crippen molar-refractivity contribution in [2.75, 3.05) is 33.3 Å². The second-order valence-electron chi connectivity index (χ2n) is 6.43. The molecule has 9 heteroatoms. The lowest BCUT2D eigenvalue weighted by Gasteiger charge is -2.34. The molecule has 1 aliphatic heterocycles. The number of carbonyl (C=O) groups is 1. The number of hydrogen-bond acceptors (Lipinski definition) is 6. The first kappa shape index (κ1) is 19.4. The first-order chi connectivity index (χ1) is 12.8. The highest BCUT2D eigenvalue weighted by Gasteiger charge is 2.34. The summed E-state index contributed by atoms with van der Waals surface area (Å²) in [5, 5.41) is 3.73. The average molecular weight is 393 g/mol. The molecule has 1 saturated heterocycles. The highest BCUT2D eigenvalue weighted by atomic mass is 32.2. The maximum atomic E-state index is 12.8. The number of rotatable bonds is 5. The summed E-state index contributed by atoms with van der Waals surface area (Å²) in [4.78, 5) is 14.4. The Labute approximate surface area is 158 Å². The minimum Gasteiger partial charge on any atom is -0.496 e. The molecule has 2 aromatic rings. The highest BCUT2D eigenvalue weighted by Crippen LogP contribution is 2.24. The van der Waals surface area contributed by atoms with E-state index in [1.807, 2.05) is 24.3 Å². The molecule has 0 atom stereocenters. The van der Waals surface area contributed by atoms with Crippen LogP contribution in [0.5, 0.6) is 5.75 Å². The van der Waals surface area contributed by atoms with Crippen molar-refractivity contribution in [3.8, 4) is 5.75 Å². The first-order valence-electron chi connectivity index (χ1n) is 8.67. The molecular weight excluding hydrogens is 370 g/mol. The van der Waals surface area contributed by atoms with Crippen molar-refractivity contribution in [1.29, 1.82) is 0 Å². The predicted molar refractivity (Wildman–Crippen MR) is 98.0 cm³/mol. The Morgan fingerprint density at radius 2 is 1.85 bits per heavy atom. The summed E-state index contributed by atoms with van der Waals surface area (Å²) < 4.78 is 37.3. The van der Waals surface area contributed by atoms with E-state index in [0.29, 0.717) is 24.5 Å². The zero-order chi connectivity index (χ0) is 19.6. The third kappa shape index (κ3) is 3.84. The molecule has 1 fully saturated rings. The van der Waals surface area contributed by atoms with Crippen LogP contribution < -0.4 is 4.74 Å². The molecule has 0 radical (unpaired) electrons. The van der Waals surface area contributed by atoms with Gasteiger partial charge in [0, 0.05) is 31.7 Å². The lowest BCUT2D eigenvalue weighted by molar-refractivity contribution is -0.131. The Balaban J connectivity index is 1.66. The van der Waals surface area contributed by atoms with E-state index in [1.165, 1.54) is 4.31 Å². The van der Waals surface area contributed by atoms with E-state index in [4.69, 9.17) is 9.26 Å². The summed E-state index contributed by atoms with van der Waals surface area (Å²) in [5.74, 6) is 0.904. The second-order valence-corrected chi connectivity index (χ2v) is 8.30. The van der Waals surface area contributed by atoms with Gasteiger partial charge in [-0.3, -0.25) is 4.79 Å². The van der Waals surface area contributed by atoms with E-state index < -0.39 is 10.0 Å². The number of piperazine rings is 1. The molecule has 0 N–H and O–H groups in total. The van der Waals surface area contributed by atoms with Gasteiger partial charge in [0.2, 0.25) is 15.9 Å². The molecule has 0 unspecified atom stereocenters. The summed E-state index contributed by atoms with van der Waals surface area (Å²) in [7, 11) is -2.11. The van der Waals surface area contributed by atoms with Crippen LogP contribution in [0.3, 0.4) is 0 Å². The quantitative estimate of drug-likeness (QED) is 0.762. The fourth-order valence-corrected chi connectivity index (χ4v) is 4.99. The van der Waals surface area contributed by atoms with Gasteiger partial charge in [0.25, 0.3) is 0 Å². The average Bonchev–Trinajstić information content (AvgIpc) is 3.01. The number of sulfonamides is 1. The molecule has 0 bridgehead atoms. The summed E-state index contributed by atoms with van der Waals surface area (Å²) in [6, 6.07) is 7.38. The number of aromatic nitrogens is 1. The fraction of sp³-hybridized carbons (Fsp3) is 0.444. The third-order valence-electron chi connectivity index (χ3n) is 4.69. The zero-order valence-corrected chi connectivity index (χ0v) is 16.5. The molecule has 0 saturated carbocycles.